The maximum absolute atomic E-state index is 4.85. The number of benzene rings is 1. The van der Waals surface area contributed by atoms with E-state index in [4.69, 9.17) is 4.98 Å². The van der Waals surface area contributed by atoms with Gasteiger partial charge < -0.3 is 0 Å². The highest BCUT2D eigenvalue weighted by Gasteiger charge is 2.18. The largest absolute Gasteiger partial charge is 0.248 e. The summed E-state index contributed by atoms with van der Waals surface area (Å²) < 4.78 is 0. The smallest absolute Gasteiger partial charge is 0.0708 e. The fourth-order valence-electron chi connectivity index (χ4n) is 3.29. The normalized spacial score (nSPS) is 12.6. The van der Waals surface area contributed by atoms with Crippen LogP contribution in [0.3, 0.4) is 0 Å². The first-order chi connectivity index (χ1) is 14.9. The van der Waals surface area contributed by atoms with E-state index in [1.54, 1.807) is 0 Å². The topological polar surface area (TPSA) is 12.9 Å². The molecule has 1 nitrogen and oxygen atoms in total. The lowest BCUT2D eigenvalue weighted by Gasteiger charge is -2.21. The van der Waals surface area contributed by atoms with Crippen molar-refractivity contribution in [3.8, 4) is 0 Å². The Bertz CT molecular complexity index is 984. The number of pyridine rings is 1. The zero-order chi connectivity index (χ0) is 24.5. The Kier molecular flexibility index (Phi) is 10.6. The molecule has 0 radical (unpaired) electrons. The number of rotatable bonds is 5. The van der Waals surface area contributed by atoms with Gasteiger partial charge in [-0.1, -0.05) is 87.9 Å². The van der Waals surface area contributed by atoms with Crippen molar-refractivity contribution in [2.45, 2.75) is 75.7 Å². The van der Waals surface area contributed by atoms with Gasteiger partial charge in [-0.25, -0.2) is 4.98 Å². The summed E-state index contributed by atoms with van der Waals surface area (Å²) in [6.07, 6.45) is 9.30. The van der Waals surface area contributed by atoms with Gasteiger partial charge in [-0.2, -0.15) is 0 Å². The van der Waals surface area contributed by atoms with Crippen molar-refractivity contribution in [3.05, 3.63) is 100 Å². The van der Waals surface area contributed by atoms with Crippen molar-refractivity contribution >= 4 is 11.1 Å². The van der Waals surface area contributed by atoms with E-state index in [1.165, 1.54) is 33.4 Å². The minimum atomic E-state index is 0.0239. The molecule has 1 heteroatoms. The first kappa shape index (κ1) is 27.4. The predicted molar refractivity (Wildman–Crippen MR) is 145 cm³/mol. The molecular formula is C31H43N. The third-order valence-electron chi connectivity index (χ3n) is 5.87. The molecule has 0 aliphatic heterocycles. The summed E-state index contributed by atoms with van der Waals surface area (Å²) in [5.74, 6) is 0. The van der Waals surface area contributed by atoms with E-state index >= 15 is 0 Å². The molecule has 0 unspecified atom stereocenters. The van der Waals surface area contributed by atoms with Crippen LogP contribution in [-0.2, 0) is 0 Å². The van der Waals surface area contributed by atoms with Crippen LogP contribution < -0.4 is 0 Å². The summed E-state index contributed by atoms with van der Waals surface area (Å²) in [6, 6.07) is 10.6. The molecule has 1 aromatic heterocycles. The quantitative estimate of drug-likeness (QED) is 0.431. The maximum Gasteiger partial charge on any atom is 0.0708 e. The Morgan fingerprint density at radius 3 is 2.03 bits per heavy atom. The molecule has 0 bridgehead atoms. The first-order valence-corrected chi connectivity index (χ1v) is 11.6. The summed E-state index contributed by atoms with van der Waals surface area (Å²) in [5, 5.41) is 0. The van der Waals surface area contributed by atoms with Crippen molar-refractivity contribution in [1.29, 1.82) is 0 Å². The number of hydrogen-bond acceptors (Lipinski definition) is 1. The van der Waals surface area contributed by atoms with Gasteiger partial charge in [0.05, 0.1) is 11.4 Å². The molecule has 0 saturated heterocycles. The van der Waals surface area contributed by atoms with Crippen molar-refractivity contribution in [2.24, 2.45) is 5.41 Å². The standard InChI is InChI=1S/C21H29N.C10H14/c1-8-10-11-13-18(16(3)9-2)20-15-12-14-19(22-20)17(4)21(5,6)7;1-7-5-8(2)10(4)9(3)6-7/h8,10-15H,4,9H2,1-3,5-7H3;5-6H,1-4H3/b10-8-,13-11-,18-16?;. The molecule has 1 heterocycles. The van der Waals surface area contributed by atoms with E-state index in [-0.39, 0.29) is 5.41 Å². The summed E-state index contributed by atoms with van der Waals surface area (Å²) in [6.45, 7) is 25.7. The molecule has 0 saturated carbocycles. The monoisotopic (exact) mass is 429 g/mol. The molecule has 2 aromatic rings. The number of aryl methyl sites for hydroxylation is 3. The molecule has 172 valence electrons. The summed E-state index contributed by atoms with van der Waals surface area (Å²) >= 11 is 0. The summed E-state index contributed by atoms with van der Waals surface area (Å²) in [5.41, 5.74) is 11.2. The van der Waals surface area contributed by atoms with E-state index < -0.39 is 0 Å². The second-order valence-electron chi connectivity index (χ2n) is 9.59. The Morgan fingerprint density at radius 2 is 1.53 bits per heavy atom. The van der Waals surface area contributed by atoms with Gasteiger partial charge in [0.1, 0.15) is 0 Å². The average Bonchev–Trinajstić information content (AvgIpc) is 2.74. The van der Waals surface area contributed by atoms with Gasteiger partial charge >= 0.3 is 0 Å². The van der Waals surface area contributed by atoms with Crippen molar-refractivity contribution < 1.29 is 0 Å². The van der Waals surface area contributed by atoms with Gasteiger partial charge in [0, 0.05) is 0 Å². The van der Waals surface area contributed by atoms with Crippen LogP contribution in [-0.4, -0.2) is 4.98 Å². The molecule has 0 spiro atoms. The lowest BCUT2D eigenvalue weighted by molar-refractivity contribution is 0.566. The molecule has 1 aromatic carbocycles. The second kappa shape index (κ2) is 12.4. The molecule has 0 fully saturated rings. The van der Waals surface area contributed by atoms with Crippen molar-refractivity contribution in [2.75, 3.05) is 0 Å². The predicted octanol–water partition coefficient (Wildman–Crippen LogP) is 9.38. The van der Waals surface area contributed by atoms with E-state index in [2.05, 4.69) is 105 Å². The lowest BCUT2D eigenvalue weighted by atomic mass is 9.85. The number of hydrogen-bond donors (Lipinski definition) is 0. The Labute approximate surface area is 197 Å². The third-order valence-corrected chi connectivity index (χ3v) is 5.87. The summed E-state index contributed by atoms with van der Waals surface area (Å²) in [4.78, 5) is 4.85. The van der Waals surface area contributed by atoms with Crippen LogP contribution in [0.15, 0.2) is 66.8 Å². The molecular weight excluding hydrogens is 386 g/mol. The SMILES string of the molecule is C=C(c1cccc(C(/C=C\C=C/C)=C(C)CC)n1)C(C)(C)C.Cc1cc(C)c(C)c(C)c1. The van der Waals surface area contributed by atoms with Crippen LogP contribution >= 0.6 is 0 Å². The van der Waals surface area contributed by atoms with Gasteiger partial charge in [-0.05, 0) is 93.3 Å². The third kappa shape index (κ3) is 8.11. The van der Waals surface area contributed by atoms with Crippen LogP contribution in [0.4, 0.5) is 0 Å². The second-order valence-corrected chi connectivity index (χ2v) is 9.59. The van der Waals surface area contributed by atoms with Gasteiger partial charge in [0.15, 0.2) is 0 Å². The average molecular weight is 430 g/mol. The molecule has 0 aliphatic rings. The van der Waals surface area contributed by atoms with Crippen LogP contribution in [0.1, 0.15) is 81.6 Å². The van der Waals surface area contributed by atoms with Crippen LogP contribution in [0.25, 0.3) is 11.1 Å². The maximum atomic E-state index is 4.85. The van der Waals surface area contributed by atoms with Crippen LogP contribution in [0, 0.1) is 33.1 Å². The van der Waals surface area contributed by atoms with Gasteiger partial charge in [-0.3, -0.25) is 0 Å². The summed E-state index contributed by atoms with van der Waals surface area (Å²) in [7, 11) is 0. The fraction of sp³-hybridized carbons (Fsp3) is 0.387. The molecule has 0 aliphatic carbocycles. The fourth-order valence-corrected chi connectivity index (χ4v) is 3.29. The van der Waals surface area contributed by atoms with E-state index in [1.807, 2.05) is 25.1 Å². The number of allylic oxidation sites excluding steroid dienone is 7. The minimum Gasteiger partial charge on any atom is -0.248 e. The lowest BCUT2D eigenvalue weighted by Crippen LogP contribution is -2.09. The highest BCUT2D eigenvalue weighted by molar-refractivity contribution is 5.76. The molecule has 0 N–H and O–H groups in total. The van der Waals surface area contributed by atoms with E-state index in [0.29, 0.717) is 0 Å². The highest BCUT2D eigenvalue weighted by atomic mass is 14.7. The molecule has 32 heavy (non-hydrogen) atoms. The molecule has 2 rings (SSSR count). The zero-order valence-corrected chi connectivity index (χ0v) is 22.1. The Morgan fingerprint density at radius 1 is 0.969 bits per heavy atom. The number of nitrogens with zero attached hydrogens (tertiary/aromatic N) is 1. The van der Waals surface area contributed by atoms with Crippen molar-refractivity contribution in [3.63, 3.8) is 0 Å². The van der Waals surface area contributed by atoms with Gasteiger partial charge in [0.25, 0.3) is 0 Å². The van der Waals surface area contributed by atoms with Gasteiger partial charge in [0.2, 0.25) is 0 Å². The first-order valence-electron chi connectivity index (χ1n) is 11.6. The Hall–Kier alpha value is -2.67. The van der Waals surface area contributed by atoms with E-state index in [0.717, 1.165) is 23.4 Å². The van der Waals surface area contributed by atoms with Crippen LogP contribution in [0.5, 0.6) is 0 Å². The molecule has 0 atom stereocenters. The van der Waals surface area contributed by atoms with Crippen LogP contribution in [0.2, 0.25) is 0 Å². The Balaban J connectivity index is 0.000000425. The van der Waals surface area contributed by atoms with Gasteiger partial charge in [-0.15, -0.1) is 0 Å². The van der Waals surface area contributed by atoms with E-state index in [9.17, 15) is 0 Å². The number of aromatic nitrogens is 1. The minimum absolute atomic E-state index is 0.0239. The van der Waals surface area contributed by atoms with Crippen molar-refractivity contribution in [1.82, 2.24) is 4.98 Å². The highest BCUT2D eigenvalue weighted by Crippen LogP contribution is 2.32. The zero-order valence-electron chi connectivity index (χ0n) is 22.1. The molecule has 0 amide bonds.